The Hall–Kier alpha value is -0.790. The molecule has 2 nitrogen and oxygen atoms in total. The second-order valence-electron chi connectivity index (χ2n) is 2.50. The number of esters is 1. The van der Waals surface area contributed by atoms with Gasteiger partial charge in [0.15, 0.2) is 0 Å². The summed E-state index contributed by atoms with van der Waals surface area (Å²) in [5.74, 6) is -0.176. The number of ether oxygens (including phenoxy) is 1. The van der Waals surface area contributed by atoms with Gasteiger partial charge in [-0.05, 0) is 27.2 Å². The lowest BCUT2D eigenvalue weighted by Gasteiger charge is -2.04. The Balaban J connectivity index is 3.45. The molecule has 0 heterocycles. The Bertz CT molecular complexity index is 136. The Morgan fingerprint density at radius 1 is 1.55 bits per heavy atom. The summed E-state index contributed by atoms with van der Waals surface area (Å²) in [6, 6.07) is 0. The summed E-state index contributed by atoms with van der Waals surface area (Å²) in [6.07, 6.45) is 4.68. The molecule has 0 aromatic rings. The van der Waals surface area contributed by atoms with E-state index in [0.29, 0.717) is 6.42 Å². The molecule has 0 fully saturated rings. The lowest BCUT2D eigenvalue weighted by Crippen LogP contribution is -2.09. The molecule has 0 aliphatic heterocycles. The van der Waals surface area contributed by atoms with Crippen LogP contribution < -0.4 is 0 Å². The summed E-state index contributed by atoms with van der Waals surface area (Å²) in [7, 11) is 0. The molecule has 11 heavy (non-hydrogen) atoms. The average Bonchev–Trinajstić information content (AvgIpc) is 1.86. The van der Waals surface area contributed by atoms with Crippen molar-refractivity contribution in [1.29, 1.82) is 0 Å². The molecule has 0 unspecified atom stereocenters. The van der Waals surface area contributed by atoms with E-state index in [0.717, 1.165) is 6.42 Å². The summed E-state index contributed by atoms with van der Waals surface area (Å²) in [5.41, 5.74) is 0. The molecule has 63 valence electrons. The third-order valence-electron chi connectivity index (χ3n) is 0.985. The molecular formula is C9H15O2. The fraction of sp³-hybridized carbons (Fsp3) is 0.556. The monoisotopic (exact) mass is 155 g/mol. The van der Waals surface area contributed by atoms with Crippen LogP contribution in [-0.2, 0) is 9.53 Å². The van der Waals surface area contributed by atoms with Crippen LogP contribution in [0, 0.1) is 6.92 Å². The van der Waals surface area contributed by atoms with Gasteiger partial charge in [0, 0.05) is 0 Å². The van der Waals surface area contributed by atoms with Crippen LogP contribution in [0.2, 0.25) is 0 Å². The number of rotatable bonds is 4. The molecule has 0 N–H and O–H groups in total. The number of hydrogen-bond donors (Lipinski definition) is 0. The van der Waals surface area contributed by atoms with Gasteiger partial charge in [0.1, 0.15) is 0 Å². The standard InChI is InChI=1S/C9H15O2/c1-4-5-6-7-9(10)11-8(2)3/h5-6,8H,1,4,7H2,2-3H3. The molecule has 0 aliphatic carbocycles. The molecule has 0 aromatic heterocycles. The summed E-state index contributed by atoms with van der Waals surface area (Å²) in [6.45, 7) is 7.28. The zero-order chi connectivity index (χ0) is 8.69. The highest BCUT2D eigenvalue weighted by Crippen LogP contribution is 1.94. The topological polar surface area (TPSA) is 26.3 Å². The van der Waals surface area contributed by atoms with Crippen molar-refractivity contribution in [2.24, 2.45) is 0 Å². The zero-order valence-corrected chi connectivity index (χ0v) is 7.17. The van der Waals surface area contributed by atoms with E-state index in [-0.39, 0.29) is 12.1 Å². The molecule has 0 atom stereocenters. The van der Waals surface area contributed by atoms with Gasteiger partial charge in [-0.25, -0.2) is 0 Å². The number of allylic oxidation sites excluding steroid dienone is 1. The quantitative estimate of drug-likeness (QED) is 0.459. The maximum absolute atomic E-state index is 10.8. The van der Waals surface area contributed by atoms with Crippen LogP contribution in [0.3, 0.4) is 0 Å². The van der Waals surface area contributed by atoms with E-state index in [4.69, 9.17) is 4.74 Å². The van der Waals surface area contributed by atoms with E-state index < -0.39 is 0 Å². The molecular weight excluding hydrogens is 140 g/mol. The molecule has 0 spiro atoms. The largest absolute Gasteiger partial charge is 0.463 e. The lowest BCUT2D eigenvalue weighted by molar-refractivity contribution is -0.146. The molecule has 0 saturated carbocycles. The van der Waals surface area contributed by atoms with Gasteiger partial charge in [0.05, 0.1) is 12.5 Å². The van der Waals surface area contributed by atoms with Gasteiger partial charge < -0.3 is 4.74 Å². The SMILES string of the molecule is [CH2]CC=CCC(=O)OC(C)C. The van der Waals surface area contributed by atoms with Crippen LogP contribution in [0.4, 0.5) is 0 Å². The minimum absolute atomic E-state index is 0.0179. The molecule has 0 saturated heterocycles. The van der Waals surface area contributed by atoms with Crippen LogP contribution in [0.1, 0.15) is 26.7 Å². The first-order valence-electron chi connectivity index (χ1n) is 3.80. The highest BCUT2D eigenvalue weighted by Gasteiger charge is 2.00. The normalized spacial score (nSPS) is 10.9. The van der Waals surface area contributed by atoms with Gasteiger partial charge in [-0.15, -0.1) is 0 Å². The summed E-state index contributed by atoms with van der Waals surface area (Å²) in [5, 5.41) is 0. The van der Waals surface area contributed by atoms with Gasteiger partial charge in [-0.3, -0.25) is 4.79 Å². The first kappa shape index (κ1) is 10.2. The Morgan fingerprint density at radius 2 is 2.18 bits per heavy atom. The minimum Gasteiger partial charge on any atom is -0.463 e. The zero-order valence-electron chi connectivity index (χ0n) is 7.17. The number of carbonyl (C=O) groups is 1. The van der Waals surface area contributed by atoms with Gasteiger partial charge in [0.2, 0.25) is 0 Å². The van der Waals surface area contributed by atoms with E-state index in [1.807, 2.05) is 19.9 Å². The number of carbonyl (C=O) groups excluding carboxylic acids is 1. The summed E-state index contributed by atoms with van der Waals surface area (Å²) in [4.78, 5) is 10.8. The highest BCUT2D eigenvalue weighted by molar-refractivity contribution is 5.71. The van der Waals surface area contributed by atoms with Crippen molar-refractivity contribution in [3.05, 3.63) is 19.1 Å². The first-order chi connectivity index (χ1) is 5.16. The predicted molar refractivity (Wildman–Crippen MR) is 45.0 cm³/mol. The molecule has 0 aliphatic rings. The fourth-order valence-electron chi connectivity index (χ4n) is 0.608. The van der Waals surface area contributed by atoms with E-state index in [9.17, 15) is 4.79 Å². The van der Waals surface area contributed by atoms with Crippen molar-refractivity contribution >= 4 is 5.97 Å². The Labute approximate surface area is 68.2 Å². The highest BCUT2D eigenvalue weighted by atomic mass is 16.5. The third kappa shape index (κ3) is 7.10. The third-order valence-corrected chi connectivity index (χ3v) is 0.985. The number of hydrogen-bond acceptors (Lipinski definition) is 2. The van der Waals surface area contributed by atoms with Crippen LogP contribution in [0.25, 0.3) is 0 Å². The van der Waals surface area contributed by atoms with Crippen LogP contribution in [-0.4, -0.2) is 12.1 Å². The Morgan fingerprint density at radius 3 is 2.64 bits per heavy atom. The van der Waals surface area contributed by atoms with Gasteiger partial charge >= 0.3 is 5.97 Å². The van der Waals surface area contributed by atoms with E-state index >= 15 is 0 Å². The average molecular weight is 155 g/mol. The van der Waals surface area contributed by atoms with E-state index in [2.05, 4.69) is 6.92 Å². The van der Waals surface area contributed by atoms with Crippen molar-refractivity contribution in [2.45, 2.75) is 32.8 Å². The molecule has 0 amide bonds. The van der Waals surface area contributed by atoms with Crippen molar-refractivity contribution < 1.29 is 9.53 Å². The second-order valence-corrected chi connectivity index (χ2v) is 2.50. The Kier molecular flexibility index (Phi) is 5.53. The van der Waals surface area contributed by atoms with Crippen LogP contribution >= 0.6 is 0 Å². The van der Waals surface area contributed by atoms with Crippen molar-refractivity contribution in [1.82, 2.24) is 0 Å². The van der Waals surface area contributed by atoms with Gasteiger partial charge in [-0.1, -0.05) is 12.2 Å². The first-order valence-corrected chi connectivity index (χ1v) is 3.80. The second kappa shape index (κ2) is 5.96. The molecule has 0 bridgehead atoms. The van der Waals surface area contributed by atoms with Crippen LogP contribution in [0.5, 0.6) is 0 Å². The maximum atomic E-state index is 10.8. The van der Waals surface area contributed by atoms with Crippen molar-refractivity contribution in [3.63, 3.8) is 0 Å². The molecule has 0 rings (SSSR count). The summed E-state index contributed by atoms with van der Waals surface area (Å²) >= 11 is 0. The smallest absolute Gasteiger partial charge is 0.309 e. The molecule has 0 aromatic carbocycles. The lowest BCUT2D eigenvalue weighted by atomic mass is 10.3. The molecule has 1 radical (unpaired) electrons. The maximum Gasteiger partial charge on any atom is 0.309 e. The minimum atomic E-state index is -0.176. The van der Waals surface area contributed by atoms with Crippen molar-refractivity contribution in [2.75, 3.05) is 0 Å². The van der Waals surface area contributed by atoms with Crippen molar-refractivity contribution in [3.8, 4) is 0 Å². The summed E-state index contributed by atoms with van der Waals surface area (Å²) < 4.78 is 4.89. The fourth-order valence-corrected chi connectivity index (χ4v) is 0.608. The van der Waals surface area contributed by atoms with Crippen LogP contribution in [0.15, 0.2) is 12.2 Å². The van der Waals surface area contributed by atoms with Gasteiger partial charge in [-0.2, -0.15) is 0 Å². The van der Waals surface area contributed by atoms with E-state index in [1.165, 1.54) is 0 Å². The van der Waals surface area contributed by atoms with Gasteiger partial charge in [0.25, 0.3) is 0 Å². The van der Waals surface area contributed by atoms with E-state index in [1.54, 1.807) is 6.08 Å². The predicted octanol–water partition coefficient (Wildman–Crippen LogP) is 2.11. The molecule has 2 heteroatoms.